The molecule has 1 unspecified atom stereocenters. The van der Waals surface area contributed by atoms with Gasteiger partial charge in [0.15, 0.2) is 0 Å². The molecule has 156 valence electrons. The highest BCUT2D eigenvalue weighted by Gasteiger charge is 2.33. The topological polar surface area (TPSA) is 74.3 Å². The zero-order valence-corrected chi connectivity index (χ0v) is 16.7. The number of pyridine rings is 1. The summed E-state index contributed by atoms with van der Waals surface area (Å²) in [6.07, 6.45) is -4.64. The summed E-state index contributed by atoms with van der Waals surface area (Å²) in [4.78, 5) is 30.1. The van der Waals surface area contributed by atoms with Gasteiger partial charge in [0.2, 0.25) is 11.8 Å². The fourth-order valence-corrected chi connectivity index (χ4v) is 2.65. The molecule has 2 amide bonds. The first kappa shape index (κ1) is 22.6. The number of rotatable bonds is 6. The largest absolute Gasteiger partial charge is 0.417 e. The molecular formula is C19H20ClF3N4O2. The predicted molar refractivity (Wildman–Crippen MR) is 105 cm³/mol. The number of alkyl halides is 3. The molecule has 0 saturated carbocycles. The van der Waals surface area contributed by atoms with Gasteiger partial charge in [-0.1, -0.05) is 17.7 Å². The Morgan fingerprint density at radius 1 is 1.21 bits per heavy atom. The van der Waals surface area contributed by atoms with E-state index >= 15 is 0 Å². The van der Waals surface area contributed by atoms with Gasteiger partial charge in [-0.15, -0.1) is 0 Å². The number of aryl methyl sites for hydroxylation is 1. The van der Waals surface area contributed by atoms with Crippen LogP contribution in [0.15, 0.2) is 36.4 Å². The van der Waals surface area contributed by atoms with Crippen molar-refractivity contribution < 1.29 is 22.8 Å². The summed E-state index contributed by atoms with van der Waals surface area (Å²) in [5, 5.41) is 4.58. The van der Waals surface area contributed by atoms with Crippen LogP contribution in [0.25, 0.3) is 0 Å². The van der Waals surface area contributed by atoms with Crippen molar-refractivity contribution in [2.24, 2.45) is 0 Å². The van der Waals surface area contributed by atoms with Gasteiger partial charge in [0.25, 0.3) is 0 Å². The first-order valence-corrected chi connectivity index (χ1v) is 8.96. The van der Waals surface area contributed by atoms with Crippen LogP contribution in [-0.2, 0) is 15.8 Å². The van der Waals surface area contributed by atoms with Crippen LogP contribution in [-0.4, -0.2) is 41.3 Å². The van der Waals surface area contributed by atoms with Crippen molar-refractivity contribution in [3.05, 3.63) is 52.7 Å². The van der Waals surface area contributed by atoms with E-state index in [2.05, 4.69) is 15.6 Å². The van der Waals surface area contributed by atoms with Gasteiger partial charge in [0, 0.05) is 11.4 Å². The molecule has 0 fully saturated rings. The van der Waals surface area contributed by atoms with Gasteiger partial charge < -0.3 is 10.6 Å². The van der Waals surface area contributed by atoms with Crippen LogP contribution < -0.4 is 10.6 Å². The number of nitrogens with zero attached hydrogens (tertiary/aromatic N) is 2. The second kappa shape index (κ2) is 9.23. The summed E-state index contributed by atoms with van der Waals surface area (Å²) >= 11 is 5.57. The lowest BCUT2D eigenvalue weighted by atomic mass is 10.2. The van der Waals surface area contributed by atoms with Crippen LogP contribution in [0.4, 0.5) is 24.7 Å². The molecule has 2 rings (SSSR count). The molecule has 10 heteroatoms. The minimum Gasteiger partial charge on any atom is -0.325 e. The smallest absolute Gasteiger partial charge is 0.325 e. The number of halogens is 4. The normalized spacial score (nSPS) is 12.6. The van der Waals surface area contributed by atoms with E-state index in [1.165, 1.54) is 17.9 Å². The van der Waals surface area contributed by atoms with Crippen LogP contribution in [0.5, 0.6) is 0 Å². The lowest BCUT2D eigenvalue weighted by Crippen LogP contribution is -2.43. The number of nitrogens with one attached hydrogen (secondary N) is 2. The van der Waals surface area contributed by atoms with Crippen molar-refractivity contribution in [1.29, 1.82) is 0 Å². The standard InChI is InChI=1S/C19H20ClF3N4O2/c1-11-5-4-6-16(24-11)26-17(28)10-27(3)12(2)18(29)25-13-7-8-15(20)14(9-13)19(21,22)23/h4-9,12H,10H2,1-3H3,(H,25,29)(H,24,26,28). The number of amides is 2. The fraction of sp³-hybridized carbons (Fsp3) is 0.316. The molecule has 29 heavy (non-hydrogen) atoms. The highest BCUT2D eigenvalue weighted by atomic mass is 35.5. The molecule has 1 aromatic carbocycles. The maximum Gasteiger partial charge on any atom is 0.417 e. The lowest BCUT2D eigenvalue weighted by Gasteiger charge is -2.23. The Bertz CT molecular complexity index is 905. The highest BCUT2D eigenvalue weighted by Crippen LogP contribution is 2.36. The zero-order chi connectivity index (χ0) is 21.8. The molecular weight excluding hydrogens is 409 g/mol. The molecule has 1 aromatic heterocycles. The van der Waals surface area contributed by atoms with E-state index in [9.17, 15) is 22.8 Å². The van der Waals surface area contributed by atoms with Gasteiger partial charge in [-0.2, -0.15) is 13.2 Å². The van der Waals surface area contributed by atoms with Crippen molar-refractivity contribution in [3.63, 3.8) is 0 Å². The van der Waals surface area contributed by atoms with Crippen LogP contribution in [0.1, 0.15) is 18.2 Å². The number of aromatic nitrogens is 1. The van der Waals surface area contributed by atoms with E-state index in [0.717, 1.165) is 17.8 Å². The highest BCUT2D eigenvalue weighted by molar-refractivity contribution is 6.31. The maximum atomic E-state index is 12.9. The first-order valence-electron chi connectivity index (χ1n) is 8.58. The van der Waals surface area contributed by atoms with Crippen molar-refractivity contribution in [2.45, 2.75) is 26.1 Å². The Morgan fingerprint density at radius 2 is 1.90 bits per heavy atom. The molecule has 0 bridgehead atoms. The molecule has 0 spiro atoms. The van der Waals surface area contributed by atoms with E-state index in [-0.39, 0.29) is 18.1 Å². The fourth-order valence-electron chi connectivity index (χ4n) is 2.43. The van der Waals surface area contributed by atoms with E-state index < -0.39 is 28.7 Å². The van der Waals surface area contributed by atoms with Crippen LogP contribution >= 0.6 is 11.6 Å². The lowest BCUT2D eigenvalue weighted by molar-refractivity contribution is -0.137. The van der Waals surface area contributed by atoms with E-state index in [1.807, 2.05) is 0 Å². The number of carbonyl (C=O) groups is 2. The molecule has 1 atom stereocenters. The Labute approximate surface area is 171 Å². The summed E-state index contributed by atoms with van der Waals surface area (Å²) in [6.45, 7) is 3.21. The molecule has 2 N–H and O–H groups in total. The van der Waals surface area contributed by atoms with Gasteiger partial charge >= 0.3 is 6.18 Å². The second-order valence-corrected chi connectivity index (χ2v) is 6.89. The monoisotopic (exact) mass is 428 g/mol. The average Bonchev–Trinajstić information content (AvgIpc) is 2.61. The number of benzene rings is 1. The third-order valence-electron chi connectivity index (χ3n) is 4.13. The maximum absolute atomic E-state index is 12.9. The summed E-state index contributed by atoms with van der Waals surface area (Å²) in [6, 6.07) is 7.50. The summed E-state index contributed by atoms with van der Waals surface area (Å²) in [7, 11) is 1.55. The van der Waals surface area contributed by atoms with Crippen molar-refractivity contribution >= 4 is 34.9 Å². The second-order valence-electron chi connectivity index (χ2n) is 6.49. The molecule has 0 saturated heterocycles. The summed E-state index contributed by atoms with van der Waals surface area (Å²) in [5.41, 5.74) is -0.339. The molecule has 6 nitrogen and oxygen atoms in total. The molecule has 0 aliphatic carbocycles. The van der Waals surface area contributed by atoms with Crippen molar-refractivity contribution in [1.82, 2.24) is 9.88 Å². The quantitative estimate of drug-likeness (QED) is 0.730. The van der Waals surface area contributed by atoms with Gasteiger partial charge in [0.1, 0.15) is 5.82 Å². The van der Waals surface area contributed by atoms with E-state index in [4.69, 9.17) is 11.6 Å². The molecule has 1 heterocycles. The zero-order valence-electron chi connectivity index (χ0n) is 16.0. The molecule has 0 aliphatic heterocycles. The number of likely N-dealkylation sites (N-methyl/N-ethyl adjacent to an activating group) is 1. The molecule has 0 radical (unpaired) electrons. The first-order chi connectivity index (χ1) is 13.5. The number of carbonyl (C=O) groups excluding carboxylic acids is 2. The third-order valence-corrected chi connectivity index (χ3v) is 4.46. The van der Waals surface area contributed by atoms with Crippen LogP contribution in [0.3, 0.4) is 0 Å². The van der Waals surface area contributed by atoms with E-state index in [1.54, 1.807) is 32.2 Å². The van der Waals surface area contributed by atoms with Crippen molar-refractivity contribution in [3.8, 4) is 0 Å². The number of anilines is 2. The minimum atomic E-state index is -4.64. The van der Waals surface area contributed by atoms with Gasteiger partial charge in [-0.3, -0.25) is 14.5 Å². The summed E-state index contributed by atoms with van der Waals surface area (Å²) in [5.74, 6) is -0.554. The predicted octanol–water partition coefficient (Wildman–Crippen LogP) is 3.96. The SMILES string of the molecule is Cc1cccc(NC(=O)CN(C)C(C)C(=O)Nc2ccc(Cl)c(C(F)(F)F)c2)n1. The Balaban J connectivity index is 1.98. The van der Waals surface area contributed by atoms with Crippen LogP contribution in [0, 0.1) is 6.92 Å². The van der Waals surface area contributed by atoms with Gasteiger partial charge in [0.05, 0.1) is 23.2 Å². The molecule has 2 aromatic rings. The van der Waals surface area contributed by atoms with Crippen molar-refractivity contribution in [2.75, 3.05) is 24.2 Å². The third kappa shape index (κ3) is 6.43. The Morgan fingerprint density at radius 3 is 2.52 bits per heavy atom. The van der Waals surface area contributed by atoms with Crippen LogP contribution in [0.2, 0.25) is 5.02 Å². The Hall–Kier alpha value is -2.65. The number of hydrogen-bond acceptors (Lipinski definition) is 4. The minimum absolute atomic E-state index is 0.0413. The van der Waals surface area contributed by atoms with Gasteiger partial charge in [-0.25, -0.2) is 4.98 Å². The summed E-state index contributed by atoms with van der Waals surface area (Å²) < 4.78 is 38.8. The van der Waals surface area contributed by atoms with E-state index in [0.29, 0.717) is 5.82 Å². The average molecular weight is 429 g/mol. The Kier molecular flexibility index (Phi) is 7.21. The number of hydrogen-bond donors (Lipinski definition) is 2. The van der Waals surface area contributed by atoms with Gasteiger partial charge in [-0.05, 0) is 51.2 Å². The molecule has 0 aliphatic rings.